The van der Waals surface area contributed by atoms with Gasteiger partial charge in [-0.2, -0.15) is 12.6 Å². The number of carbonyl (C=O) groups excluding carboxylic acids is 3. The molecule has 0 aromatic heterocycles. The number of nitrogens with one attached hydrogen (secondary N) is 2. The average Bonchev–Trinajstić information content (AvgIpc) is 3.19. The van der Waals surface area contributed by atoms with Crippen molar-refractivity contribution >= 4 is 42.3 Å². The zero-order valence-electron chi connectivity index (χ0n) is 17.0. The average molecular weight is 447 g/mol. The predicted octanol–water partition coefficient (Wildman–Crippen LogP) is -1.19. The van der Waals surface area contributed by atoms with Crippen molar-refractivity contribution in [3.8, 4) is 0 Å². The lowest BCUT2D eigenvalue weighted by Gasteiger charge is -2.31. The molecule has 5 atom stereocenters. The molecule has 30 heavy (non-hydrogen) atoms. The van der Waals surface area contributed by atoms with Crippen LogP contribution in [0.2, 0.25) is 0 Å². The van der Waals surface area contributed by atoms with E-state index in [1.54, 1.807) is 13.8 Å². The number of amides is 3. The topological polar surface area (TPSA) is 179 Å². The number of carbonyl (C=O) groups is 5. The Morgan fingerprint density at radius 2 is 1.80 bits per heavy atom. The summed E-state index contributed by atoms with van der Waals surface area (Å²) in [4.78, 5) is 61.6. The van der Waals surface area contributed by atoms with Crippen molar-refractivity contribution in [2.75, 3.05) is 12.3 Å². The highest BCUT2D eigenvalue weighted by molar-refractivity contribution is 7.80. The quantitative estimate of drug-likeness (QED) is 0.214. The minimum atomic E-state index is -1.45. The molecule has 0 spiro atoms. The van der Waals surface area contributed by atoms with Crippen molar-refractivity contribution in [2.45, 2.75) is 63.7 Å². The third-order valence-electron chi connectivity index (χ3n) is 5.14. The van der Waals surface area contributed by atoms with E-state index in [4.69, 9.17) is 10.8 Å². The summed E-state index contributed by atoms with van der Waals surface area (Å²) < 4.78 is 0. The lowest BCUT2D eigenvalue weighted by Crippen LogP contribution is -2.59. The van der Waals surface area contributed by atoms with Crippen LogP contribution in [-0.4, -0.2) is 81.2 Å². The molecule has 3 amide bonds. The van der Waals surface area contributed by atoms with Crippen LogP contribution < -0.4 is 16.4 Å². The molecule has 12 heteroatoms. The molecule has 0 aromatic rings. The molecule has 1 aliphatic rings. The van der Waals surface area contributed by atoms with Gasteiger partial charge < -0.3 is 31.5 Å². The van der Waals surface area contributed by atoms with Gasteiger partial charge in [0.1, 0.15) is 18.1 Å². The van der Waals surface area contributed by atoms with Crippen molar-refractivity contribution in [2.24, 2.45) is 11.7 Å². The summed E-state index contributed by atoms with van der Waals surface area (Å²) in [5, 5.41) is 23.2. The largest absolute Gasteiger partial charge is 0.481 e. The fourth-order valence-corrected chi connectivity index (χ4v) is 3.31. The van der Waals surface area contributed by atoms with Crippen LogP contribution in [-0.2, 0) is 24.0 Å². The van der Waals surface area contributed by atoms with Crippen LogP contribution in [0.5, 0.6) is 0 Å². The molecule has 1 saturated heterocycles. The number of hydrogen-bond acceptors (Lipinski definition) is 7. The number of nitrogens with two attached hydrogens (primary N) is 1. The molecule has 1 fully saturated rings. The van der Waals surface area contributed by atoms with Gasteiger partial charge in [0.2, 0.25) is 17.7 Å². The first kappa shape index (κ1) is 25.7. The zero-order chi connectivity index (χ0) is 23.0. The third-order valence-corrected chi connectivity index (χ3v) is 5.54. The SMILES string of the molecule is CCC(C)C(NC(=O)C(CC(=O)O)NC(=O)C(N)CS)C(=O)N1CCCC1C(=O)O. The maximum atomic E-state index is 13.0. The minimum Gasteiger partial charge on any atom is -0.481 e. The maximum absolute atomic E-state index is 13.0. The number of thiol groups is 1. The van der Waals surface area contributed by atoms with E-state index < -0.39 is 60.2 Å². The molecule has 5 unspecified atom stereocenters. The highest BCUT2D eigenvalue weighted by atomic mass is 32.1. The number of hydrogen-bond donors (Lipinski definition) is 6. The molecule has 0 saturated carbocycles. The Balaban J connectivity index is 3.03. The number of nitrogens with zero attached hydrogens (tertiary/aromatic N) is 1. The molecular formula is C18H30N4O7S. The van der Waals surface area contributed by atoms with E-state index in [0.29, 0.717) is 19.3 Å². The molecule has 0 radical (unpaired) electrons. The highest BCUT2D eigenvalue weighted by Gasteiger charge is 2.40. The minimum absolute atomic E-state index is 0.00718. The van der Waals surface area contributed by atoms with Crippen molar-refractivity contribution in [1.29, 1.82) is 0 Å². The lowest BCUT2D eigenvalue weighted by atomic mass is 9.96. The van der Waals surface area contributed by atoms with E-state index in [9.17, 15) is 29.1 Å². The van der Waals surface area contributed by atoms with E-state index in [1.807, 2.05) is 0 Å². The van der Waals surface area contributed by atoms with Crippen LogP contribution in [0.25, 0.3) is 0 Å². The summed E-state index contributed by atoms with van der Waals surface area (Å²) in [5.74, 6) is -4.96. The van der Waals surface area contributed by atoms with Gasteiger partial charge >= 0.3 is 11.9 Å². The molecule has 170 valence electrons. The van der Waals surface area contributed by atoms with Crippen LogP contribution in [0.3, 0.4) is 0 Å². The van der Waals surface area contributed by atoms with E-state index in [0.717, 1.165) is 0 Å². The van der Waals surface area contributed by atoms with Gasteiger partial charge in [-0.1, -0.05) is 20.3 Å². The first-order valence-electron chi connectivity index (χ1n) is 9.75. The molecular weight excluding hydrogens is 416 g/mol. The second kappa shape index (κ2) is 11.7. The van der Waals surface area contributed by atoms with Crippen LogP contribution >= 0.6 is 12.6 Å². The monoisotopic (exact) mass is 446 g/mol. The van der Waals surface area contributed by atoms with Crippen molar-refractivity contribution in [1.82, 2.24) is 15.5 Å². The Labute approximate surface area is 180 Å². The summed E-state index contributed by atoms with van der Waals surface area (Å²) in [6, 6.07) is -4.52. The number of carboxylic acid groups (broad SMARTS) is 2. The van der Waals surface area contributed by atoms with Crippen molar-refractivity contribution in [3.63, 3.8) is 0 Å². The van der Waals surface area contributed by atoms with Crippen molar-refractivity contribution < 1.29 is 34.2 Å². The van der Waals surface area contributed by atoms with Crippen LogP contribution in [0.1, 0.15) is 39.5 Å². The van der Waals surface area contributed by atoms with Gasteiger partial charge in [0.15, 0.2) is 0 Å². The maximum Gasteiger partial charge on any atom is 0.326 e. The second-order valence-electron chi connectivity index (χ2n) is 7.35. The molecule has 1 heterocycles. The first-order chi connectivity index (χ1) is 14.0. The Bertz CT molecular complexity index is 675. The van der Waals surface area contributed by atoms with Gasteiger partial charge in [-0.3, -0.25) is 19.2 Å². The van der Waals surface area contributed by atoms with Gasteiger partial charge in [-0.05, 0) is 18.8 Å². The number of likely N-dealkylation sites (tertiary alicyclic amines) is 1. The van der Waals surface area contributed by atoms with Gasteiger partial charge in [-0.25, -0.2) is 4.79 Å². The summed E-state index contributed by atoms with van der Waals surface area (Å²) >= 11 is 3.89. The normalized spacial score (nSPS) is 20.0. The Morgan fingerprint density at radius 1 is 1.17 bits per heavy atom. The van der Waals surface area contributed by atoms with Crippen LogP contribution in [0, 0.1) is 5.92 Å². The number of carboxylic acids is 2. The molecule has 1 rings (SSSR count). The molecule has 0 aromatic carbocycles. The second-order valence-corrected chi connectivity index (χ2v) is 7.71. The van der Waals surface area contributed by atoms with Gasteiger partial charge in [-0.15, -0.1) is 0 Å². The zero-order valence-corrected chi connectivity index (χ0v) is 17.9. The first-order valence-corrected chi connectivity index (χ1v) is 10.4. The van der Waals surface area contributed by atoms with E-state index in [-0.39, 0.29) is 18.2 Å². The standard InChI is InChI=1S/C18H30N4O7S/c1-3-9(2)14(17(27)22-6-4-5-12(22)18(28)29)21-16(26)11(7-13(23)24)20-15(25)10(19)8-30/h9-12,14,30H,3-8,19H2,1-2H3,(H,20,25)(H,21,26)(H,23,24)(H,28,29). The van der Waals surface area contributed by atoms with Crippen LogP contribution in [0.15, 0.2) is 0 Å². The fourth-order valence-electron chi connectivity index (χ4n) is 3.15. The summed E-state index contributed by atoms with van der Waals surface area (Å²) in [6.07, 6.45) is 0.646. The molecule has 0 bridgehead atoms. The summed E-state index contributed by atoms with van der Waals surface area (Å²) in [6.45, 7) is 3.78. The Morgan fingerprint density at radius 3 is 2.30 bits per heavy atom. The van der Waals surface area contributed by atoms with Gasteiger partial charge in [0, 0.05) is 12.3 Å². The molecule has 0 aliphatic carbocycles. The van der Waals surface area contributed by atoms with Crippen molar-refractivity contribution in [3.05, 3.63) is 0 Å². The van der Waals surface area contributed by atoms with Crippen LogP contribution in [0.4, 0.5) is 0 Å². The molecule has 6 N–H and O–H groups in total. The third kappa shape index (κ3) is 6.87. The fraction of sp³-hybridized carbons (Fsp3) is 0.722. The number of rotatable bonds is 11. The Kier molecular flexibility index (Phi) is 10.1. The van der Waals surface area contributed by atoms with E-state index in [2.05, 4.69) is 23.3 Å². The lowest BCUT2D eigenvalue weighted by molar-refractivity contribution is -0.150. The molecule has 1 aliphatic heterocycles. The predicted molar refractivity (Wildman–Crippen MR) is 110 cm³/mol. The van der Waals surface area contributed by atoms with Gasteiger partial charge in [0.25, 0.3) is 0 Å². The van der Waals surface area contributed by atoms with E-state index in [1.165, 1.54) is 4.90 Å². The summed E-state index contributed by atoms with van der Waals surface area (Å²) in [7, 11) is 0. The number of aliphatic carboxylic acids is 2. The Hall–Kier alpha value is -2.34. The molecule has 11 nitrogen and oxygen atoms in total. The van der Waals surface area contributed by atoms with Gasteiger partial charge in [0.05, 0.1) is 12.5 Å². The highest BCUT2D eigenvalue weighted by Crippen LogP contribution is 2.21. The van der Waals surface area contributed by atoms with E-state index >= 15 is 0 Å². The summed E-state index contributed by atoms with van der Waals surface area (Å²) in [5.41, 5.74) is 5.56. The smallest absolute Gasteiger partial charge is 0.326 e.